The lowest BCUT2D eigenvalue weighted by molar-refractivity contribution is 0.453. The molecule has 1 aliphatic rings. The highest BCUT2D eigenvalue weighted by atomic mass is 15.1. The lowest BCUT2D eigenvalue weighted by Crippen LogP contribution is -2.29. The van der Waals surface area contributed by atoms with Crippen LogP contribution in [0, 0.1) is 6.92 Å². The van der Waals surface area contributed by atoms with Gasteiger partial charge < -0.3 is 10.6 Å². The van der Waals surface area contributed by atoms with E-state index in [4.69, 9.17) is 0 Å². The zero-order valence-electron chi connectivity index (χ0n) is 11.6. The summed E-state index contributed by atoms with van der Waals surface area (Å²) in [6, 6.07) is 7.82. The van der Waals surface area contributed by atoms with Crippen molar-refractivity contribution in [3.63, 3.8) is 0 Å². The molecule has 0 radical (unpaired) electrons. The number of hydrogen-bond donors (Lipinski definition) is 2. The van der Waals surface area contributed by atoms with Crippen LogP contribution in [0.2, 0.25) is 0 Å². The Morgan fingerprint density at radius 1 is 1.25 bits per heavy atom. The van der Waals surface area contributed by atoms with Gasteiger partial charge in [0.15, 0.2) is 0 Å². The Kier molecular flexibility index (Phi) is 3.87. The Bertz CT molecular complexity index is 564. The van der Waals surface area contributed by atoms with Crippen LogP contribution in [-0.4, -0.2) is 28.0 Å². The molecule has 1 aliphatic heterocycles. The van der Waals surface area contributed by atoms with Crippen LogP contribution in [0.3, 0.4) is 0 Å². The average molecular weight is 269 g/mol. The molecule has 0 aliphatic carbocycles. The second kappa shape index (κ2) is 5.96. The van der Waals surface area contributed by atoms with Gasteiger partial charge in [0.2, 0.25) is 0 Å². The van der Waals surface area contributed by atoms with E-state index in [1.807, 2.05) is 31.2 Å². The van der Waals surface area contributed by atoms with Crippen molar-refractivity contribution in [2.24, 2.45) is 0 Å². The van der Waals surface area contributed by atoms with Crippen molar-refractivity contribution < 1.29 is 0 Å². The number of hydrogen-bond acceptors (Lipinski definition) is 5. The summed E-state index contributed by atoms with van der Waals surface area (Å²) in [5.74, 6) is 2.90. The topological polar surface area (TPSA) is 62.7 Å². The number of piperidine rings is 1. The molecule has 0 aromatic carbocycles. The molecule has 20 heavy (non-hydrogen) atoms. The van der Waals surface area contributed by atoms with Crippen LogP contribution in [0.1, 0.15) is 30.3 Å². The van der Waals surface area contributed by atoms with E-state index in [2.05, 4.69) is 25.6 Å². The first-order valence-electron chi connectivity index (χ1n) is 7.05. The molecule has 2 aromatic rings. The molecule has 1 saturated heterocycles. The SMILES string of the molecule is Cc1nc(Nc2ccccn2)cc([C@@H]2CCCNC2)n1. The Morgan fingerprint density at radius 2 is 2.20 bits per heavy atom. The minimum absolute atomic E-state index is 0.481. The van der Waals surface area contributed by atoms with E-state index in [0.29, 0.717) is 5.92 Å². The first-order valence-corrected chi connectivity index (χ1v) is 7.05. The lowest BCUT2D eigenvalue weighted by Gasteiger charge is -2.22. The van der Waals surface area contributed by atoms with Crippen LogP contribution < -0.4 is 10.6 Å². The van der Waals surface area contributed by atoms with Gasteiger partial charge in [-0.05, 0) is 38.4 Å². The van der Waals surface area contributed by atoms with Crippen molar-refractivity contribution in [1.82, 2.24) is 20.3 Å². The highest BCUT2D eigenvalue weighted by Crippen LogP contribution is 2.24. The largest absolute Gasteiger partial charge is 0.325 e. The molecule has 0 bridgehead atoms. The van der Waals surface area contributed by atoms with Crippen LogP contribution in [0.5, 0.6) is 0 Å². The first-order chi connectivity index (χ1) is 9.81. The normalized spacial score (nSPS) is 18.8. The van der Waals surface area contributed by atoms with Crippen molar-refractivity contribution in [3.05, 3.63) is 42.0 Å². The third-order valence-electron chi connectivity index (χ3n) is 3.49. The molecule has 5 nitrogen and oxygen atoms in total. The predicted octanol–water partition coefficient (Wildman–Crippen LogP) is 2.39. The maximum Gasteiger partial charge on any atom is 0.135 e. The molecule has 0 unspecified atom stereocenters. The first kappa shape index (κ1) is 13.0. The average Bonchev–Trinajstić information content (AvgIpc) is 2.49. The van der Waals surface area contributed by atoms with Gasteiger partial charge in [0, 0.05) is 24.7 Å². The van der Waals surface area contributed by atoms with Gasteiger partial charge in [-0.3, -0.25) is 0 Å². The number of nitrogens with one attached hydrogen (secondary N) is 2. The highest BCUT2D eigenvalue weighted by Gasteiger charge is 2.17. The van der Waals surface area contributed by atoms with Crippen LogP contribution in [0.15, 0.2) is 30.5 Å². The van der Waals surface area contributed by atoms with Gasteiger partial charge in [-0.25, -0.2) is 15.0 Å². The van der Waals surface area contributed by atoms with Crippen molar-refractivity contribution >= 4 is 11.6 Å². The Morgan fingerprint density at radius 3 is 2.95 bits per heavy atom. The van der Waals surface area contributed by atoms with Crippen molar-refractivity contribution in [1.29, 1.82) is 0 Å². The van der Waals surface area contributed by atoms with Gasteiger partial charge in [-0.2, -0.15) is 0 Å². The second-order valence-corrected chi connectivity index (χ2v) is 5.11. The quantitative estimate of drug-likeness (QED) is 0.896. The summed E-state index contributed by atoms with van der Waals surface area (Å²) < 4.78 is 0. The molecule has 3 rings (SSSR count). The third kappa shape index (κ3) is 3.11. The minimum atomic E-state index is 0.481. The Labute approximate surface area is 118 Å². The molecular weight excluding hydrogens is 250 g/mol. The monoisotopic (exact) mass is 269 g/mol. The van der Waals surface area contributed by atoms with Crippen LogP contribution >= 0.6 is 0 Å². The summed E-state index contributed by atoms with van der Waals surface area (Å²) >= 11 is 0. The van der Waals surface area contributed by atoms with Crippen molar-refractivity contribution in [2.75, 3.05) is 18.4 Å². The summed E-state index contributed by atoms with van der Waals surface area (Å²) in [5, 5.41) is 6.67. The van der Waals surface area contributed by atoms with E-state index in [-0.39, 0.29) is 0 Å². The number of anilines is 2. The van der Waals surface area contributed by atoms with E-state index in [9.17, 15) is 0 Å². The van der Waals surface area contributed by atoms with E-state index in [0.717, 1.165) is 36.2 Å². The summed E-state index contributed by atoms with van der Waals surface area (Å²) in [5.41, 5.74) is 1.11. The van der Waals surface area contributed by atoms with Gasteiger partial charge in [-0.1, -0.05) is 6.07 Å². The lowest BCUT2D eigenvalue weighted by atomic mass is 9.96. The molecule has 2 N–H and O–H groups in total. The zero-order chi connectivity index (χ0) is 13.8. The minimum Gasteiger partial charge on any atom is -0.325 e. The summed E-state index contributed by atoms with van der Waals surface area (Å²) in [7, 11) is 0. The molecule has 1 fully saturated rings. The summed E-state index contributed by atoms with van der Waals surface area (Å²) in [6.45, 7) is 4.04. The predicted molar refractivity (Wildman–Crippen MR) is 79.1 cm³/mol. The van der Waals surface area contributed by atoms with Crippen molar-refractivity contribution in [3.8, 4) is 0 Å². The number of nitrogens with zero attached hydrogens (tertiary/aromatic N) is 3. The standard InChI is InChI=1S/C15H19N5/c1-11-18-13(12-5-4-7-16-10-12)9-15(19-11)20-14-6-2-3-8-17-14/h2-3,6,8-9,12,16H,4-5,7,10H2,1H3,(H,17,18,19,20)/t12-/m1/s1. The second-order valence-electron chi connectivity index (χ2n) is 5.11. The fraction of sp³-hybridized carbons (Fsp3) is 0.400. The fourth-order valence-electron chi connectivity index (χ4n) is 2.54. The summed E-state index contributed by atoms with van der Waals surface area (Å²) in [4.78, 5) is 13.3. The van der Waals surface area contributed by atoms with Crippen LogP contribution in [-0.2, 0) is 0 Å². The molecule has 0 saturated carbocycles. The van der Waals surface area contributed by atoms with Crippen molar-refractivity contribution in [2.45, 2.75) is 25.7 Å². The molecule has 3 heterocycles. The Balaban J connectivity index is 1.82. The van der Waals surface area contributed by atoms with Crippen LogP contribution in [0.4, 0.5) is 11.6 Å². The number of aryl methyl sites for hydroxylation is 1. The fourth-order valence-corrected chi connectivity index (χ4v) is 2.54. The number of aromatic nitrogens is 3. The van der Waals surface area contributed by atoms with Gasteiger partial charge in [-0.15, -0.1) is 0 Å². The molecule has 2 aromatic heterocycles. The highest BCUT2D eigenvalue weighted by molar-refractivity contribution is 5.51. The molecule has 0 amide bonds. The van der Waals surface area contributed by atoms with Gasteiger partial charge in [0.05, 0.1) is 5.69 Å². The van der Waals surface area contributed by atoms with Gasteiger partial charge in [0.25, 0.3) is 0 Å². The molecule has 104 valence electrons. The van der Waals surface area contributed by atoms with E-state index >= 15 is 0 Å². The van der Waals surface area contributed by atoms with Gasteiger partial charge in [0.1, 0.15) is 17.5 Å². The Hall–Kier alpha value is -2.01. The van der Waals surface area contributed by atoms with Gasteiger partial charge >= 0.3 is 0 Å². The smallest absolute Gasteiger partial charge is 0.135 e. The summed E-state index contributed by atoms with van der Waals surface area (Å²) in [6.07, 6.45) is 4.16. The third-order valence-corrected chi connectivity index (χ3v) is 3.49. The maximum absolute atomic E-state index is 4.59. The number of rotatable bonds is 3. The molecule has 5 heteroatoms. The van der Waals surface area contributed by atoms with E-state index in [1.54, 1.807) is 6.20 Å². The molecule has 0 spiro atoms. The number of pyridine rings is 1. The van der Waals surface area contributed by atoms with Crippen LogP contribution in [0.25, 0.3) is 0 Å². The van der Waals surface area contributed by atoms with E-state index in [1.165, 1.54) is 12.8 Å². The zero-order valence-corrected chi connectivity index (χ0v) is 11.6. The maximum atomic E-state index is 4.59. The van der Waals surface area contributed by atoms with E-state index < -0.39 is 0 Å². The molecular formula is C15H19N5. The molecule has 1 atom stereocenters.